The predicted molar refractivity (Wildman–Crippen MR) is 127 cm³/mol. The van der Waals surface area contributed by atoms with E-state index in [9.17, 15) is 22.8 Å². The van der Waals surface area contributed by atoms with Crippen molar-refractivity contribution in [2.45, 2.75) is 58.3 Å². The first kappa shape index (κ1) is 26.6. The van der Waals surface area contributed by atoms with E-state index in [0.29, 0.717) is 18.1 Å². The van der Waals surface area contributed by atoms with Crippen molar-refractivity contribution in [2.24, 2.45) is 5.92 Å². The summed E-state index contributed by atoms with van der Waals surface area (Å²) >= 11 is 0. The zero-order valence-corrected chi connectivity index (χ0v) is 20.8. The van der Waals surface area contributed by atoms with E-state index in [1.807, 2.05) is 0 Å². The fourth-order valence-corrected chi connectivity index (χ4v) is 4.44. The van der Waals surface area contributed by atoms with Crippen LogP contribution in [0.3, 0.4) is 0 Å². The summed E-state index contributed by atoms with van der Waals surface area (Å²) in [5.74, 6) is -1.14. The number of carbonyl (C=O) groups is 2. The second kappa shape index (κ2) is 11.7. The summed E-state index contributed by atoms with van der Waals surface area (Å²) in [7, 11) is 0. The molecule has 2 fully saturated rings. The number of nitrogens with zero attached hydrogens (tertiary/aromatic N) is 1. The van der Waals surface area contributed by atoms with E-state index in [2.05, 4.69) is 4.74 Å². The van der Waals surface area contributed by atoms with E-state index in [1.54, 1.807) is 25.1 Å². The van der Waals surface area contributed by atoms with E-state index in [-0.39, 0.29) is 55.3 Å². The number of likely N-dealkylation sites (tertiary alicyclic amines) is 1. The Kier molecular flexibility index (Phi) is 8.45. The Morgan fingerprint density at radius 2 is 1.89 bits per heavy atom. The predicted octanol–water partition coefficient (Wildman–Crippen LogP) is 5.06. The SMILES string of the molecule is CCOc1c(F)cccc1COC(=O)[C@H]1CC(c2ccc(OC(F)F)c(OCC3CC3)c2)CN1C(C)=O. The molecular weight excluding hydrogens is 491 g/mol. The molecule has 1 heterocycles. The molecule has 2 atom stereocenters. The molecule has 2 aliphatic rings. The third-order valence-electron chi connectivity index (χ3n) is 6.51. The topological polar surface area (TPSA) is 74.3 Å². The summed E-state index contributed by atoms with van der Waals surface area (Å²) in [6.07, 6.45) is 2.34. The van der Waals surface area contributed by atoms with Crippen LogP contribution in [0.1, 0.15) is 50.2 Å². The maximum Gasteiger partial charge on any atom is 0.387 e. The van der Waals surface area contributed by atoms with Crippen molar-refractivity contribution in [3.8, 4) is 17.2 Å². The molecule has 1 aliphatic carbocycles. The summed E-state index contributed by atoms with van der Waals surface area (Å²) in [5.41, 5.74) is 1.11. The number of esters is 1. The smallest absolute Gasteiger partial charge is 0.387 e. The van der Waals surface area contributed by atoms with Crippen LogP contribution in [0.15, 0.2) is 36.4 Å². The van der Waals surface area contributed by atoms with Crippen molar-refractivity contribution in [1.29, 1.82) is 0 Å². The number of benzene rings is 2. The van der Waals surface area contributed by atoms with E-state index in [0.717, 1.165) is 18.4 Å². The number of halogens is 3. The van der Waals surface area contributed by atoms with Crippen LogP contribution in [0, 0.1) is 11.7 Å². The Balaban J connectivity index is 1.48. The van der Waals surface area contributed by atoms with Crippen molar-refractivity contribution < 1.29 is 41.7 Å². The lowest BCUT2D eigenvalue weighted by Gasteiger charge is -2.22. The minimum Gasteiger partial charge on any atom is -0.490 e. The summed E-state index contributed by atoms with van der Waals surface area (Å²) in [4.78, 5) is 26.8. The van der Waals surface area contributed by atoms with Gasteiger partial charge in [0.1, 0.15) is 12.6 Å². The molecule has 0 aromatic heterocycles. The van der Waals surface area contributed by atoms with Crippen LogP contribution in [0.2, 0.25) is 0 Å². The van der Waals surface area contributed by atoms with Gasteiger partial charge in [0.25, 0.3) is 0 Å². The maximum absolute atomic E-state index is 14.1. The summed E-state index contributed by atoms with van der Waals surface area (Å²) in [5, 5.41) is 0. The molecule has 1 unspecified atom stereocenters. The summed E-state index contributed by atoms with van der Waals surface area (Å²) in [6.45, 7) is 0.791. The molecule has 0 radical (unpaired) electrons. The van der Waals surface area contributed by atoms with Gasteiger partial charge in [-0.25, -0.2) is 9.18 Å². The number of para-hydroxylation sites is 1. The molecular formula is C27H30F3NO6. The molecule has 1 saturated carbocycles. The molecule has 4 rings (SSSR count). The van der Waals surface area contributed by atoms with Crippen LogP contribution in [-0.4, -0.2) is 49.2 Å². The van der Waals surface area contributed by atoms with Gasteiger partial charge in [-0.2, -0.15) is 8.78 Å². The molecule has 1 amide bonds. The van der Waals surface area contributed by atoms with Crippen LogP contribution >= 0.6 is 0 Å². The maximum atomic E-state index is 14.1. The highest BCUT2D eigenvalue weighted by Crippen LogP contribution is 2.39. The van der Waals surface area contributed by atoms with Gasteiger partial charge in [-0.1, -0.05) is 18.2 Å². The highest BCUT2D eigenvalue weighted by atomic mass is 19.3. The van der Waals surface area contributed by atoms with Gasteiger partial charge in [-0.15, -0.1) is 0 Å². The summed E-state index contributed by atoms with van der Waals surface area (Å²) < 4.78 is 61.1. The van der Waals surface area contributed by atoms with Gasteiger partial charge in [0.15, 0.2) is 23.1 Å². The van der Waals surface area contributed by atoms with E-state index < -0.39 is 24.4 Å². The molecule has 2 aromatic carbocycles. The molecule has 1 aliphatic heterocycles. The van der Waals surface area contributed by atoms with Gasteiger partial charge in [0.05, 0.1) is 13.2 Å². The number of hydrogen-bond donors (Lipinski definition) is 0. The lowest BCUT2D eigenvalue weighted by molar-refractivity contribution is -0.154. The van der Waals surface area contributed by atoms with Gasteiger partial charge in [0.2, 0.25) is 5.91 Å². The van der Waals surface area contributed by atoms with Crippen molar-refractivity contribution >= 4 is 11.9 Å². The van der Waals surface area contributed by atoms with Crippen molar-refractivity contribution in [3.05, 3.63) is 53.3 Å². The second-order valence-corrected chi connectivity index (χ2v) is 9.23. The van der Waals surface area contributed by atoms with Crippen molar-refractivity contribution in [3.63, 3.8) is 0 Å². The molecule has 1 saturated heterocycles. The third-order valence-corrected chi connectivity index (χ3v) is 6.51. The van der Waals surface area contributed by atoms with Crippen LogP contribution < -0.4 is 14.2 Å². The first-order chi connectivity index (χ1) is 17.8. The first-order valence-corrected chi connectivity index (χ1v) is 12.3. The average molecular weight is 522 g/mol. The Labute approximate surface area is 213 Å². The second-order valence-electron chi connectivity index (χ2n) is 9.23. The molecule has 0 bridgehead atoms. The van der Waals surface area contributed by atoms with Crippen LogP contribution in [0.25, 0.3) is 0 Å². The zero-order valence-electron chi connectivity index (χ0n) is 20.8. The monoisotopic (exact) mass is 521 g/mol. The number of carbonyl (C=O) groups excluding carboxylic acids is 2. The highest BCUT2D eigenvalue weighted by molar-refractivity contribution is 5.84. The van der Waals surface area contributed by atoms with Crippen LogP contribution in [0.5, 0.6) is 17.2 Å². The normalized spacial score (nSPS) is 19.1. The Bertz CT molecular complexity index is 1120. The minimum absolute atomic E-state index is 0.0235. The lowest BCUT2D eigenvalue weighted by atomic mass is 9.96. The number of amides is 1. The van der Waals surface area contributed by atoms with Gasteiger partial charge in [0, 0.05) is 24.9 Å². The molecule has 37 heavy (non-hydrogen) atoms. The molecule has 10 heteroatoms. The van der Waals surface area contributed by atoms with Crippen LogP contribution in [0.4, 0.5) is 13.2 Å². The van der Waals surface area contributed by atoms with Crippen LogP contribution in [-0.2, 0) is 20.9 Å². The number of rotatable bonds is 11. The van der Waals surface area contributed by atoms with Crippen molar-refractivity contribution in [2.75, 3.05) is 19.8 Å². The Morgan fingerprint density at radius 1 is 1.11 bits per heavy atom. The number of alkyl halides is 2. The fourth-order valence-electron chi connectivity index (χ4n) is 4.44. The van der Waals surface area contributed by atoms with E-state index >= 15 is 0 Å². The average Bonchev–Trinajstić information content (AvgIpc) is 3.58. The molecule has 0 N–H and O–H groups in total. The Morgan fingerprint density at radius 3 is 2.57 bits per heavy atom. The Hall–Kier alpha value is -3.43. The molecule has 0 spiro atoms. The number of hydrogen-bond acceptors (Lipinski definition) is 6. The zero-order chi connectivity index (χ0) is 26.5. The van der Waals surface area contributed by atoms with E-state index in [1.165, 1.54) is 30.0 Å². The highest BCUT2D eigenvalue weighted by Gasteiger charge is 2.40. The third kappa shape index (κ3) is 6.67. The van der Waals surface area contributed by atoms with Crippen molar-refractivity contribution in [1.82, 2.24) is 4.90 Å². The standard InChI is InChI=1S/C27H30F3NO6/c1-3-34-25-19(5-4-6-21(25)28)15-36-26(33)22-11-20(13-31(22)16(2)32)18-9-10-23(37-27(29)30)24(12-18)35-14-17-7-8-17/h4-6,9-10,12,17,20,22,27H,3,7-8,11,13-15H2,1-2H3/t20?,22-/m1/s1. The molecule has 200 valence electrons. The largest absolute Gasteiger partial charge is 0.490 e. The lowest BCUT2D eigenvalue weighted by Crippen LogP contribution is -2.40. The van der Waals surface area contributed by atoms with Gasteiger partial charge >= 0.3 is 12.6 Å². The van der Waals surface area contributed by atoms with E-state index in [4.69, 9.17) is 14.2 Å². The molecule has 7 nitrogen and oxygen atoms in total. The fraction of sp³-hybridized carbons (Fsp3) is 0.481. The first-order valence-electron chi connectivity index (χ1n) is 12.3. The van der Waals surface area contributed by atoms with Gasteiger partial charge in [-0.3, -0.25) is 4.79 Å². The molecule has 2 aromatic rings. The number of ether oxygens (including phenoxy) is 4. The van der Waals surface area contributed by atoms with Gasteiger partial charge in [-0.05, 0) is 55.9 Å². The van der Waals surface area contributed by atoms with Gasteiger partial charge < -0.3 is 23.8 Å². The quantitative estimate of drug-likeness (QED) is 0.385. The minimum atomic E-state index is -2.99. The summed E-state index contributed by atoms with van der Waals surface area (Å²) in [6, 6.07) is 8.21.